The SMILES string of the molecule is C=CCOc1ccccc1NC(=O)C(C)Oc1ccc(CC)cc1. The average molecular weight is 325 g/mol. The van der Waals surface area contributed by atoms with Crippen molar-refractivity contribution in [3.63, 3.8) is 0 Å². The lowest BCUT2D eigenvalue weighted by molar-refractivity contribution is -0.122. The van der Waals surface area contributed by atoms with Crippen LogP contribution in [-0.2, 0) is 11.2 Å². The number of rotatable bonds is 8. The summed E-state index contributed by atoms with van der Waals surface area (Å²) in [6.07, 6.45) is 2.01. The second-order valence-electron chi connectivity index (χ2n) is 5.34. The molecule has 1 unspecified atom stereocenters. The Kier molecular flexibility index (Phi) is 6.43. The molecule has 4 nitrogen and oxygen atoms in total. The highest BCUT2D eigenvalue weighted by Crippen LogP contribution is 2.24. The number of carbonyl (C=O) groups excluding carboxylic acids is 1. The first kappa shape index (κ1) is 17.6. The summed E-state index contributed by atoms with van der Waals surface area (Å²) in [7, 11) is 0. The molecule has 0 fully saturated rings. The molecule has 0 heterocycles. The highest BCUT2D eigenvalue weighted by Gasteiger charge is 2.16. The van der Waals surface area contributed by atoms with Gasteiger partial charge in [0.25, 0.3) is 5.91 Å². The minimum absolute atomic E-state index is 0.232. The number of benzene rings is 2. The molecule has 2 aromatic rings. The third-order valence-corrected chi connectivity index (χ3v) is 3.52. The standard InChI is InChI=1S/C20H23NO3/c1-4-14-23-19-9-7-6-8-18(19)21-20(22)15(3)24-17-12-10-16(5-2)11-13-17/h4,6-13,15H,1,5,14H2,2-3H3,(H,21,22). The summed E-state index contributed by atoms with van der Waals surface area (Å²) in [4.78, 5) is 12.4. The molecule has 2 aromatic carbocycles. The van der Waals surface area contributed by atoms with E-state index in [1.54, 1.807) is 25.1 Å². The Hall–Kier alpha value is -2.75. The molecule has 0 aliphatic rings. The molecule has 4 heteroatoms. The first-order valence-corrected chi connectivity index (χ1v) is 8.03. The largest absolute Gasteiger partial charge is 0.487 e. The van der Waals surface area contributed by atoms with Gasteiger partial charge >= 0.3 is 0 Å². The van der Waals surface area contributed by atoms with Gasteiger partial charge in [-0.05, 0) is 43.2 Å². The third-order valence-electron chi connectivity index (χ3n) is 3.52. The summed E-state index contributed by atoms with van der Waals surface area (Å²) in [6, 6.07) is 15.0. The predicted octanol–water partition coefficient (Wildman–Crippen LogP) is 4.22. The molecule has 0 saturated heterocycles. The Morgan fingerprint density at radius 3 is 2.58 bits per heavy atom. The van der Waals surface area contributed by atoms with Crippen molar-refractivity contribution in [2.45, 2.75) is 26.4 Å². The van der Waals surface area contributed by atoms with Crippen molar-refractivity contribution in [3.8, 4) is 11.5 Å². The first-order valence-electron chi connectivity index (χ1n) is 8.03. The van der Waals surface area contributed by atoms with Crippen LogP contribution in [0.5, 0.6) is 11.5 Å². The summed E-state index contributed by atoms with van der Waals surface area (Å²) in [5, 5.41) is 2.84. The van der Waals surface area contributed by atoms with E-state index in [0.717, 1.165) is 6.42 Å². The number of nitrogens with one attached hydrogen (secondary N) is 1. The van der Waals surface area contributed by atoms with Crippen LogP contribution in [0.2, 0.25) is 0 Å². The Morgan fingerprint density at radius 1 is 1.21 bits per heavy atom. The van der Waals surface area contributed by atoms with Crippen molar-refractivity contribution >= 4 is 11.6 Å². The highest BCUT2D eigenvalue weighted by molar-refractivity contribution is 5.95. The zero-order valence-electron chi connectivity index (χ0n) is 14.1. The maximum Gasteiger partial charge on any atom is 0.265 e. The van der Waals surface area contributed by atoms with Gasteiger partial charge in [0.05, 0.1) is 5.69 Å². The van der Waals surface area contributed by atoms with Gasteiger partial charge in [-0.25, -0.2) is 0 Å². The average Bonchev–Trinajstić information content (AvgIpc) is 2.61. The normalized spacial score (nSPS) is 11.4. The summed E-state index contributed by atoms with van der Waals surface area (Å²) in [5.41, 5.74) is 1.84. The van der Waals surface area contributed by atoms with Crippen molar-refractivity contribution in [1.82, 2.24) is 0 Å². The van der Waals surface area contributed by atoms with Gasteiger partial charge in [-0.3, -0.25) is 4.79 Å². The molecular formula is C20H23NO3. The lowest BCUT2D eigenvalue weighted by atomic mass is 10.2. The van der Waals surface area contributed by atoms with Crippen molar-refractivity contribution in [2.75, 3.05) is 11.9 Å². The van der Waals surface area contributed by atoms with E-state index in [4.69, 9.17) is 9.47 Å². The third kappa shape index (κ3) is 4.88. The number of para-hydroxylation sites is 2. The van der Waals surface area contributed by atoms with Gasteiger partial charge in [-0.2, -0.15) is 0 Å². The van der Waals surface area contributed by atoms with E-state index in [1.807, 2.05) is 36.4 Å². The van der Waals surface area contributed by atoms with Crippen LogP contribution >= 0.6 is 0 Å². The molecule has 1 amide bonds. The number of hydrogen-bond acceptors (Lipinski definition) is 3. The van der Waals surface area contributed by atoms with E-state index in [9.17, 15) is 4.79 Å². The smallest absolute Gasteiger partial charge is 0.265 e. The molecule has 1 N–H and O–H groups in total. The van der Waals surface area contributed by atoms with Crippen molar-refractivity contribution in [3.05, 3.63) is 66.7 Å². The Morgan fingerprint density at radius 2 is 1.92 bits per heavy atom. The van der Waals surface area contributed by atoms with Crippen LogP contribution in [0.3, 0.4) is 0 Å². The maximum absolute atomic E-state index is 12.4. The number of amides is 1. The van der Waals surface area contributed by atoms with Crippen LogP contribution < -0.4 is 14.8 Å². The Balaban J connectivity index is 1.99. The molecule has 0 saturated carbocycles. The number of aryl methyl sites for hydroxylation is 1. The molecule has 0 aliphatic carbocycles. The summed E-state index contributed by atoms with van der Waals surface area (Å²) in [6.45, 7) is 7.81. The summed E-state index contributed by atoms with van der Waals surface area (Å²) < 4.78 is 11.2. The zero-order chi connectivity index (χ0) is 17.4. The van der Waals surface area contributed by atoms with E-state index in [0.29, 0.717) is 23.8 Å². The van der Waals surface area contributed by atoms with Crippen LogP contribution in [-0.4, -0.2) is 18.6 Å². The first-order chi connectivity index (χ1) is 11.6. The quantitative estimate of drug-likeness (QED) is 0.739. The minimum atomic E-state index is -0.620. The molecule has 0 radical (unpaired) electrons. The number of anilines is 1. The fraction of sp³-hybridized carbons (Fsp3) is 0.250. The van der Waals surface area contributed by atoms with Crippen LogP contribution in [0.4, 0.5) is 5.69 Å². The van der Waals surface area contributed by atoms with E-state index < -0.39 is 6.10 Å². The Labute approximate surface area is 143 Å². The lowest BCUT2D eigenvalue weighted by Gasteiger charge is -2.16. The number of carbonyl (C=O) groups is 1. The van der Waals surface area contributed by atoms with Crippen molar-refractivity contribution < 1.29 is 14.3 Å². The molecule has 0 aromatic heterocycles. The van der Waals surface area contributed by atoms with Gasteiger partial charge in [0, 0.05) is 0 Å². The van der Waals surface area contributed by atoms with Crippen molar-refractivity contribution in [2.24, 2.45) is 0 Å². The number of ether oxygens (including phenoxy) is 2. The van der Waals surface area contributed by atoms with Gasteiger partial charge in [0.15, 0.2) is 6.10 Å². The van der Waals surface area contributed by atoms with Crippen LogP contribution in [0.15, 0.2) is 61.2 Å². The molecule has 24 heavy (non-hydrogen) atoms. The van der Waals surface area contributed by atoms with Gasteiger partial charge in [-0.1, -0.05) is 43.8 Å². The van der Waals surface area contributed by atoms with E-state index in [2.05, 4.69) is 18.8 Å². The van der Waals surface area contributed by atoms with Gasteiger partial charge in [0.1, 0.15) is 18.1 Å². The van der Waals surface area contributed by atoms with Crippen molar-refractivity contribution in [1.29, 1.82) is 0 Å². The Bertz CT molecular complexity index is 680. The molecular weight excluding hydrogens is 302 g/mol. The molecule has 0 bridgehead atoms. The predicted molar refractivity (Wildman–Crippen MR) is 96.7 cm³/mol. The summed E-state index contributed by atoms with van der Waals surface area (Å²) in [5.74, 6) is 1.04. The van der Waals surface area contributed by atoms with Crippen LogP contribution in [0.1, 0.15) is 19.4 Å². The van der Waals surface area contributed by atoms with E-state index in [1.165, 1.54) is 5.56 Å². The summed E-state index contributed by atoms with van der Waals surface area (Å²) >= 11 is 0. The molecule has 0 spiro atoms. The van der Waals surface area contributed by atoms with E-state index in [-0.39, 0.29) is 5.91 Å². The maximum atomic E-state index is 12.4. The van der Waals surface area contributed by atoms with Crippen LogP contribution in [0.25, 0.3) is 0 Å². The number of hydrogen-bond donors (Lipinski definition) is 1. The molecule has 2 rings (SSSR count). The molecule has 1 atom stereocenters. The van der Waals surface area contributed by atoms with Gasteiger partial charge < -0.3 is 14.8 Å². The van der Waals surface area contributed by atoms with Crippen LogP contribution in [0, 0.1) is 0 Å². The van der Waals surface area contributed by atoms with Gasteiger partial charge in [-0.15, -0.1) is 0 Å². The molecule has 126 valence electrons. The second kappa shape index (κ2) is 8.77. The van der Waals surface area contributed by atoms with Gasteiger partial charge in [0.2, 0.25) is 0 Å². The van der Waals surface area contributed by atoms with E-state index >= 15 is 0 Å². The second-order valence-corrected chi connectivity index (χ2v) is 5.34. The zero-order valence-corrected chi connectivity index (χ0v) is 14.1. The topological polar surface area (TPSA) is 47.6 Å². The monoisotopic (exact) mass is 325 g/mol. The minimum Gasteiger partial charge on any atom is -0.487 e. The fourth-order valence-electron chi connectivity index (χ4n) is 2.14. The fourth-order valence-corrected chi connectivity index (χ4v) is 2.14. The molecule has 0 aliphatic heterocycles. The lowest BCUT2D eigenvalue weighted by Crippen LogP contribution is -2.30. The highest BCUT2D eigenvalue weighted by atomic mass is 16.5.